The number of ketones is 1. The lowest BCUT2D eigenvalue weighted by molar-refractivity contribution is 0.0137. The van der Waals surface area contributed by atoms with Crippen LogP contribution in [-0.2, 0) is 4.74 Å². The Kier molecular flexibility index (Phi) is 4.32. The highest BCUT2D eigenvalue weighted by molar-refractivity contribution is 6.01. The molecule has 0 saturated carbocycles. The Morgan fingerprint density at radius 2 is 1.67 bits per heavy atom. The van der Waals surface area contributed by atoms with Crippen LogP contribution >= 0.6 is 0 Å². The topological polar surface area (TPSA) is 38.8 Å². The largest absolute Gasteiger partial charge is 0.484 e. The van der Waals surface area contributed by atoms with E-state index in [2.05, 4.69) is 4.90 Å². The maximum atomic E-state index is 13.1. The van der Waals surface area contributed by atoms with Crippen LogP contribution in [0, 0.1) is 5.92 Å². The average molecular weight is 323 g/mol. The highest BCUT2D eigenvalue weighted by Gasteiger charge is 2.39. The lowest BCUT2D eigenvalue weighted by Crippen LogP contribution is -2.44. The van der Waals surface area contributed by atoms with Crippen molar-refractivity contribution in [2.75, 3.05) is 32.8 Å². The fraction of sp³-hybridized carbons (Fsp3) is 0.350. The van der Waals surface area contributed by atoms with Gasteiger partial charge in [-0.05, 0) is 17.7 Å². The second kappa shape index (κ2) is 6.75. The molecule has 4 rings (SSSR count). The molecule has 0 aliphatic carbocycles. The van der Waals surface area contributed by atoms with E-state index < -0.39 is 0 Å². The summed E-state index contributed by atoms with van der Waals surface area (Å²) in [5, 5.41) is 0. The molecule has 2 aromatic carbocycles. The first-order valence-corrected chi connectivity index (χ1v) is 8.48. The van der Waals surface area contributed by atoms with Gasteiger partial charge in [0, 0.05) is 19.6 Å². The first-order valence-electron chi connectivity index (χ1n) is 8.48. The molecule has 1 fully saturated rings. The fourth-order valence-corrected chi connectivity index (χ4v) is 3.51. The number of hydrogen-bond acceptors (Lipinski definition) is 4. The molecule has 124 valence electrons. The van der Waals surface area contributed by atoms with Crippen LogP contribution in [0.25, 0.3) is 0 Å². The predicted molar refractivity (Wildman–Crippen MR) is 91.3 cm³/mol. The number of carbonyl (C=O) groups excluding carboxylic acids is 1. The molecule has 2 heterocycles. The minimum atomic E-state index is -0.239. The molecular weight excluding hydrogens is 302 g/mol. The normalized spacial score (nSPS) is 24.2. The Balaban J connectivity index is 1.67. The second-order valence-electron chi connectivity index (χ2n) is 6.33. The Labute approximate surface area is 142 Å². The first-order chi connectivity index (χ1) is 11.8. The number of rotatable bonds is 3. The molecule has 0 aromatic heterocycles. The quantitative estimate of drug-likeness (QED) is 0.870. The maximum Gasteiger partial charge on any atom is 0.175 e. The van der Waals surface area contributed by atoms with Crippen molar-refractivity contribution in [3.63, 3.8) is 0 Å². The number of hydrogen-bond donors (Lipinski definition) is 0. The summed E-state index contributed by atoms with van der Waals surface area (Å²) in [6.45, 7) is 3.90. The van der Waals surface area contributed by atoms with Gasteiger partial charge in [-0.3, -0.25) is 9.69 Å². The van der Waals surface area contributed by atoms with E-state index in [1.54, 1.807) is 0 Å². The lowest BCUT2D eigenvalue weighted by Gasteiger charge is -2.37. The Morgan fingerprint density at radius 1 is 0.958 bits per heavy atom. The van der Waals surface area contributed by atoms with Crippen LogP contribution < -0.4 is 4.74 Å². The van der Waals surface area contributed by atoms with Crippen molar-refractivity contribution >= 4 is 5.78 Å². The summed E-state index contributed by atoms with van der Waals surface area (Å²) in [5.74, 6) is 0.673. The zero-order valence-corrected chi connectivity index (χ0v) is 13.6. The number of para-hydroxylation sites is 1. The second-order valence-corrected chi connectivity index (χ2v) is 6.33. The number of carbonyl (C=O) groups is 1. The average Bonchev–Trinajstić information content (AvgIpc) is 2.65. The van der Waals surface area contributed by atoms with Gasteiger partial charge in [0.05, 0.1) is 24.7 Å². The summed E-state index contributed by atoms with van der Waals surface area (Å²) in [7, 11) is 0. The lowest BCUT2D eigenvalue weighted by atomic mass is 9.85. The molecule has 0 bridgehead atoms. The maximum absolute atomic E-state index is 13.1. The summed E-state index contributed by atoms with van der Waals surface area (Å²) in [5.41, 5.74) is 1.75. The molecule has 2 aromatic rings. The molecule has 24 heavy (non-hydrogen) atoms. The minimum absolute atomic E-state index is 0.178. The third-order valence-electron chi connectivity index (χ3n) is 4.80. The number of nitrogens with zero attached hydrogens (tertiary/aromatic N) is 1. The van der Waals surface area contributed by atoms with Crippen LogP contribution in [0.1, 0.15) is 22.0 Å². The van der Waals surface area contributed by atoms with Crippen molar-refractivity contribution in [2.45, 2.75) is 6.10 Å². The van der Waals surface area contributed by atoms with E-state index in [0.29, 0.717) is 17.9 Å². The zero-order valence-electron chi connectivity index (χ0n) is 13.6. The first kappa shape index (κ1) is 15.4. The highest BCUT2D eigenvalue weighted by Crippen LogP contribution is 2.39. The van der Waals surface area contributed by atoms with Crippen molar-refractivity contribution in [1.82, 2.24) is 4.90 Å². The van der Waals surface area contributed by atoms with Gasteiger partial charge in [-0.2, -0.15) is 0 Å². The van der Waals surface area contributed by atoms with Gasteiger partial charge in [0.1, 0.15) is 11.9 Å². The molecule has 0 unspecified atom stereocenters. The number of fused-ring (bicyclic) bond motifs is 1. The molecule has 0 radical (unpaired) electrons. The predicted octanol–water partition coefficient (Wildman–Crippen LogP) is 2.95. The van der Waals surface area contributed by atoms with Crippen LogP contribution in [0.3, 0.4) is 0 Å². The van der Waals surface area contributed by atoms with Gasteiger partial charge in [0.25, 0.3) is 0 Å². The van der Waals surface area contributed by atoms with Crippen LogP contribution in [0.2, 0.25) is 0 Å². The molecule has 4 nitrogen and oxygen atoms in total. The molecule has 4 heteroatoms. The smallest absolute Gasteiger partial charge is 0.175 e. The van der Waals surface area contributed by atoms with Crippen LogP contribution in [0.5, 0.6) is 5.75 Å². The summed E-state index contributed by atoms with van der Waals surface area (Å²) in [4.78, 5) is 15.4. The van der Waals surface area contributed by atoms with Crippen molar-refractivity contribution in [3.05, 3.63) is 65.7 Å². The van der Waals surface area contributed by atoms with E-state index in [1.165, 1.54) is 0 Å². The Bertz CT molecular complexity index is 710. The molecule has 1 saturated heterocycles. The van der Waals surface area contributed by atoms with Gasteiger partial charge in [0.15, 0.2) is 5.78 Å². The van der Waals surface area contributed by atoms with Gasteiger partial charge in [-0.1, -0.05) is 42.5 Å². The van der Waals surface area contributed by atoms with Crippen LogP contribution in [0.4, 0.5) is 0 Å². The summed E-state index contributed by atoms with van der Waals surface area (Å²) >= 11 is 0. The molecular formula is C20H21NO3. The zero-order chi connectivity index (χ0) is 16.4. The van der Waals surface area contributed by atoms with Gasteiger partial charge in [0.2, 0.25) is 0 Å². The molecule has 0 N–H and O–H groups in total. The van der Waals surface area contributed by atoms with Crippen molar-refractivity contribution in [2.24, 2.45) is 5.92 Å². The number of benzene rings is 2. The van der Waals surface area contributed by atoms with E-state index in [9.17, 15) is 4.79 Å². The number of Topliss-reactive ketones (excluding diaryl/α,β-unsaturated/α-hetero) is 1. The summed E-state index contributed by atoms with van der Waals surface area (Å²) < 4.78 is 11.7. The van der Waals surface area contributed by atoms with Crippen molar-refractivity contribution in [3.8, 4) is 5.75 Å². The molecule has 2 aliphatic rings. The van der Waals surface area contributed by atoms with E-state index >= 15 is 0 Å². The third-order valence-corrected chi connectivity index (χ3v) is 4.80. The SMILES string of the molecule is O=C1c2ccccc2O[C@H](c2ccccc2)[C@@H]1CN1CCOCC1. The van der Waals surface area contributed by atoms with E-state index in [0.717, 1.165) is 31.9 Å². The number of morpholine rings is 1. The summed E-state index contributed by atoms with van der Waals surface area (Å²) in [6.07, 6.45) is -0.239. The molecule has 2 atom stereocenters. The Morgan fingerprint density at radius 3 is 2.46 bits per heavy atom. The highest BCUT2D eigenvalue weighted by atomic mass is 16.5. The molecule has 0 spiro atoms. The van der Waals surface area contributed by atoms with Crippen molar-refractivity contribution < 1.29 is 14.3 Å². The standard InChI is InChI=1S/C20H21NO3/c22-19-16-8-4-5-9-18(16)24-20(15-6-2-1-3-7-15)17(19)14-21-10-12-23-13-11-21/h1-9,17,20H,10-14H2/t17-,20-/m1/s1. The summed E-state index contributed by atoms with van der Waals surface area (Å²) in [6, 6.07) is 17.6. The van der Waals surface area contributed by atoms with Gasteiger partial charge in [-0.15, -0.1) is 0 Å². The van der Waals surface area contributed by atoms with E-state index in [-0.39, 0.29) is 17.8 Å². The monoisotopic (exact) mass is 323 g/mol. The number of ether oxygens (including phenoxy) is 2. The van der Waals surface area contributed by atoms with E-state index in [1.807, 2.05) is 54.6 Å². The van der Waals surface area contributed by atoms with Crippen LogP contribution in [0.15, 0.2) is 54.6 Å². The van der Waals surface area contributed by atoms with Gasteiger partial charge >= 0.3 is 0 Å². The van der Waals surface area contributed by atoms with Gasteiger partial charge in [-0.25, -0.2) is 0 Å². The fourth-order valence-electron chi connectivity index (χ4n) is 3.51. The molecule has 2 aliphatic heterocycles. The molecule has 0 amide bonds. The minimum Gasteiger partial charge on any atom is -0.484 e. The van der Waals surface area contributed by atoms with E-state index in [4.69, 9.17) is 9.47 Å². The Hall–Kier alpha value is -2.17. The van der Waals surface area contributed by atoms with Gasteiger partial charge < -0.3 is 9.47 Å². The van der Waals surface area contributed by atoms with Crippen LogP contribution in [-0.4, -0.2) is 43.5 Å². The van der Waals surface area contributed by atoms with Crippen molar-refractivity contribution in [1.29, 1.82) is 0 Å². The third kappa shape index (κ3) is 2.95.